The quantitative estimate of drug-likeness (QED) is 0.579. The Morgan fingerprint density at radius 3 is 2.88 bits per heavy atom. The number of nitrogens with two attached hydrogens (primary N) is 1. The summed E-state index contributed by atoms with van der Waals surface area (Å²) in [6.45, 7) is 0.486. The molecule has 2 amide bonds. The zero-order valence-corrected chi connectivity index (χ0v) is 10.1. The van der Waals surface area contributed by atoms with Gasteiger partial charge in [-0.05, 0) is 12.1 Å². The van der Waals surface area contributed by atoms with Crippen molar-refractivity contribution in [2.24, 2.45) is 10.7 Å². The SMILES string of the molecule is CN(C)C(N)=NC(=O)NCCc1ccccn1. The van der Waals surface area contributed by atoms with Gasteiger partial charge in [0.2, 0.25) is 0 Å². The Kier molecular flexibility index (Phi) is 4.93. The molecule has 92 valence electrons. The third kappa shape index (κ3) is 4.96. The molecule has 0 aromatic carbocycles. The molecule has 3 N–H and O–H groups in total. The zero-order chi connectivity index (χ0) is 12.7. The van der Waals surface area contributed by atoms with Gasteiger partial charge in [0.05, 0.1) is 0 Å². The highest BCUT2D eigenvalue weighted by Gasteiger charge is 2.01. The summed E-state index contributed by atoms with van der Waals surface area (Å²) in [6.07, 6.45) is 2.39. The molecule has 6 heteroatoms. The highest BCUT2D eigenvalue weighted by Crippen LogP contribution is 1.93. The number of hydrogen-bond acceptors (Lipinski definition) is 2. The number of amides is 2. The van der Waals surface area contributed by atoms with Gasteiger partial charge in [0.15, 0.2) is 5.96 Å². The van der Waals surface area contributed by atoms with E-state index < -0.39 is 6.03 Å². The summed E-state index contributed by atoms with van der Waals surface area (Å²) in [5.74, 6) is 0.181. The van der Waals surface area contributed by atoms with Gasteiger partial charge in [-0.1, -0.05) is 6.07 Å². The summed E-state index contributed by atoms with van der Waals surface area (Å²) in [6, 6.07) is 5.23. The van der Waals surface area contributed by atoms with Gasteiger partial charge in [0.1, 0.15) is 0 Å². The van der Waals surface area contributed by atoms with Crippen molar-refractivity contribution in [2.75, 3.05) is 20.6 Å². The third-order valence-electron chi connectivity index (χ3n) is 2.06. The minimum atomic E-state index is -0.438. The molecule has 0 aliphatic heterocycles. The molecule has 0 bridgehead atoms. The lowest BCUT2D eigenvalue weighted by molar-refractivity contribution is 0.249. The van der Waals surface area contributed by atoms with Crippen LogP contribution in [-0.4, -0.2) is 42.5 Å². The van der Waals surface area contributed by atoms with E-state index in [1.807, 2.05) is 18.2 Å². The van der Waals surface area contributed by atoms with Gasteiger partial charge in [0, 0.05) is 39.0 Å². The topological polar surface area (TPSA) is 83.6 Å². The molecule has 0 unspecified atom stereocenters. The molecule has 17 heavy (non-hydrogen) atoms. The molecule has 1 aromatic heterocycles. The first-order valence-corrected chi connectivity index (χ1v) is 5.29. The van der Waals surface area contributed by atoms with Crippen LogP contribution in [0.15, 0.2) is 29.4 Å². The third-order valence-corrected chi connectivity index (χ3v) is 2.06. The van der Waals surface area contributed by atoms with Gasteiger partial charge in [-0.3, -0.25) is 4.98 Å². The number of carbonyl (C=O) groups is 1. The molecule has 0 spiro atoms. The van der Waals surface area contributed by atoms with Gasteiger partial charge in [-0.15, -0.1) is 0 Å². The molecule has 0 aliphatic rings. The Labute approximate surface area is 101 Å². The first-order chi connectivity index (χ1) is 8.09. The summed E-state index contributed by atoms with van der Waals surface area (Å²) in [5.41, 5.74) is 6.43. The van der Waals surface area contributed by atoms with Crippen molar-refractivity contribution in [1.29, 1.82) is 0 Å². The second-order valence-electron chi connectivity index (χ2n) is 3.67. The predicted molar refractivity (Wildman–Crippen MR) is 66.6 cm³/mol. The maximum absolute atomic E-state index is 11.3. The highest BCUT2D eigenvalue weighted by molar-refractivity contribution is 5.91. The molecule has 0 aliphatic carbocycles. The van der Waals surface area contributed by atoms with Gasteiger partial charge in [0.25, 0.3) is 0 Å². The van der Waals surface area contributed by atoms with Crippen molar-refractivity contribution in [3.63, 3.8) is 0 Å². The number of urea groups is 1. The maximum atomic E-state index is 11.3. The van der Waals surface area contributed by atoms with E-state index in [2.05, 4.69) is 15.3 Å². The summed E-state index contributed by atoms with van der Waals surface area (Å²) < 4.78 is 0. The molecule has 6 nitrogen and oxygen atoms in total. The zero-order valence-electron chi connectivity index (χ0n) is 10.1. The minimum absolute atomic E-state index is 0.181. The van der Waals surface area contributed by atoms with Crippen LogP contribution in [0.5, 0.6) is 0 Å². The molecule has 0 atom stereocenters. The van der Waals surface area contributed by atoms with Crippen LogP contribution >= 0.6 is 0 Å². The van der Waals surface area contributed by atoms with E-state index in [1.54, 1.807) is 25.2 Å². The average molecular weight is 235 g/mol. The number of rotatable bonds is 3. The number of pyridine rings is 1. The van der Waals surface area contributed by atoms with E-state index in [9.17, 15) is 4.79 Å². The summed E-state index contributed by atoms with van der Waals surface area (Å²) in [7, 11) is 3.44. The number of carbonyl (C=O) groups excluding carboxylic acids is 1. The summed E-state index contributed by atoms with van der Waals surface area (Å²) in [5, 5.41) is 2.64. The number of aromatic nitrogens is 1. The maximum Gasteiger partial charge on any atom is 0.344 e. The Hall–Kier alpha value is -2.11. The Balaban J connectivity index is 2.32. The van der Waals surface area contributed by atoms with E-state index in [4.69, 9.17) is 5.73 Å². The monoisotopic (exact) mass is 235 g/mol. The van der Waals surface area contributed by atoms with Crippen molar-refractivity contribution >= 4 is 12.0 Å². The molecule has 1 heterocycles. The molecule has 0 radical (unpaired) electrons. The lowest BCUT2D eigenvalue weighted by Crippen LogP contribution is -2.33. The van der Waals surface area contributed by atoms with Gasteiger partial charge in [-0.25, -0.2) is 4.79 Å². The molecular formula is C11H17N5O. The molecule has 0 fully saturated rings. The lowest BCUT2D eigenvalue weighted by Gasteiger charge is -2.09. The first kappa shape index (κ1) is 13.0. The van der Waals surface area contributed by atoms with Crippen LogP contribution in [0.3, 0.4) is 0 Å². The number of nitrogens with one attached hydrogen (secondary N) is 1. The molecule has 0 saturated carbocycles. The highest BCUT2D eigenvalue weighted by atomic mass is 16.2. The van der Waals surface area contributed by atoms with Crippen molar-refractivity contribution < 1.29 is 4.79 Å². The second-order valence-corrected chi connectivity index (χ2v) is 3.67. The van der Waals surface area contributed by atoms with E-state index in [0.717, 1.165) is 5.69 Å². The van der Waals surface area contributed by atoms with Crippen molar-refractivity contribution in [3.8, 4) is 0 Å². The van der Waals surface area contributed by atoms with Crippen LogP contribution in [0.1, 0.15) is 5.69 Å². The van der Waals surface area contributed by atoms with Crippen LogP contribution < -0.4 is 11.1 Å². The van der Waals surface area contributed by atoms with Crippen LogP contribution in [0.4, 0.5) is 4.79 Å². The van der Waals surface area contributed by atoms with Crippen LogP contribution in [0, 0.1) is 0 Å². The number of hydrogen-bond donors (Lipinski definition) is 2. The first-order valence-electron chi connectivity index (χ1n) is 5.29. The molecule has 1 aromatic rings. The van der Waals surface area contributed by atoms with Crippen molar-refractivity contribution in [2.45, 2.75) is 6.42 Å². The van der Waals surface area contributed by atoms with Gasteiger partial charge >= 0.3 is 6.03 Å². The van der Waals surface area contributed by atoms with Crippen molar-refractivity contribution in [1.82, 2.24) is 15.2 Å². The van der Waals surface area contributed by atoms with Crippen LogP contribution in [0.2, 0.25) is 0 Å². The smallest absolute Gasteiger partial charge is 0.344 e. The average Bonchev–Trinajstić information content (AvgIpc) is 2.30. The largest absolute Gasteiger partial charge is 0.369 e. The fourth-order valence-corrected chi connectivity index (χ4v) is 1.09. The van der Waals surface area contributed by atoms with Gasteiger partial charge in [-0.2, -0.15) is 4.99 Å². The molecular weight excluding hydrogens is 218 g/mol. The Bertz CT molecular complexity index is 388. The lowest BCUT2D eigenvalue weighted by atomic mass is 10.3. The second kappa shape index (κ2) is 6.47. The van der Waals surface area contributed by atoms with E-state index in [-0.39, 0.29) is 5.96 Å². The number of aliphatic imine (C=N–C) groups is 1. The Morgan fingerprint density at radius 2 is 2.29 bits per heavy atom. The number of guanidine groups is 1. The van der Waals surface area contributed by atoms with E-state index in [0.29, 0.717) is 13.0 Å². The van der Waals surface area contributed by atoms with E-state index >= 15 is 0 Å². The van der Waals surface area contributed by atoms with E-state index in [1.165, 1.54) is 0 Å². The van der Waals surface area contributed by atoms with Crippen LogP contribution in [0.25, 0.3) is 0 Å². The molecule has 0 saturated heterocycles. The summed E-state index contributed by atoms with van der Waals surface area (Å²) in [4.78, 5) is 20.7. The fourth-order valence-electron chi connectivity index (χ4n) is 1.09. The fraction of sp³-hybridized carbons (Fsp3) is 0.364. The predicted octanol–water partition coefficient (Wildman–Crippen LogP) is 0.210. The van der Waals surface area contributed by atoms with Crippen molar-refractivity contribution in [3.05, 3.63) is 30.1 Å². The normalized spacial score (nSPS) is 11.1. The van der Waals surface area contributed by atoms with Crippen LogP contribution in [-0.2, 0) is 6.42 Å². The summed E-state index contributed by atoms with van der Waals surface area (Å²) >= 11 is 0. The minimum Gasteiger partial charge on any atom is -0.369 e. The standard InChI is InChI=1S/C11H17N5O/c1-16(2)10(12)15-11(17)14-8-6-9-5-3-4-7-13-9/h3-5,7H,6,8H2,1-2H3,(H3,12,14,15,17). The Morgan fingerprint density at radius 1 is 1.53 bits per heavy atom. The number of nitrogens with zero attached hydrogens (tertiary/aromatic N) is 3. The van der Waals surface area contributed by atoms with Gasteiger partial charge < -0.3 is 16.0 Å². The molecule has 1 rings (SSSR count).